The number of nitrogens with zero attached hydrogens (tertiary/aromatic N) is 1. The molecule has 0 bridgehead atoms. The molecule has 0 radical (unpaired) electrons. The maximum absolute atomic E-state index is 11.6. The van der Waals surface area contributed by atoms with E-state index in [1.54, 1.807) is 7.05 Å². The summed E-state index contributed by atoms with van der Waals surface area (Å²) in [5, 5.41) is 0.189. The molecule has 1 heterocycles. The summed E-state index contributed by atoms with van der Waals surface area (Å²) in [6, 6.07) is 4.40. The number of halogens is 1. The summed E-state index contributed by atoms with van der Waals surface area (Å²) in [7, 11) is 0.409. The first kappa shape index (κ1) is 14.6. The van der Waals surface area contributed by atoms with E-state index in [9.17, 15) is 14.4 Å². The molecule has 0 N–H and O–H groups in total. The van der Waals surface area contributed by atoms with E-state index >= 15 is 0 Å². The smallest absolute Gasteiger partial charge is 0.494 e. The van der Waals surface area contributed by atoms with Gasteiger partial charge in [0.1, 0.15) is 6.29 Å². The molecule has 1 aromatic rings. The van der Waals surface area contributed by atoms with Gasteiger partial charge in [-0.25, -0.2) is 0 Å². The monoisotopic (exact) mass is 295 g/mol. The fraction of sp³-hybridized carbons (Fsp3) is 0.250. The molecule has 0 saturated carbocycles. The second kappa shape index (κ2) is 6.07. The maximum Gasteiger partial charge on any atom is 0.638 e. The fourth-order valence-corrected chi connectivity index (χ4v) is 2.05. The van der Waals surface area contributed by atoms with Crippen molar-refractivity contribution in [1.29, 1.82) is 0 Å². The molecule has 0 atom stereocenters. The number of carbonyl (C=O) groups excluding carboxylic acids is 3. The molecule has 8 heteroatoms. The van der Waals surface area contributed by atoms with Crippen LogP contribution in [0.3, 0.4) is 0 Å². The van der Waals surface area contributed by atoms with Gasteiger partial charge in [-0.2, -0.15) is 0 Å². The molecule has 0 spiro atoms. The molecule has 1 aromatic carbocycles. The van der Waals surface area contributed by atoms with Crippen LogP contribution < -0.4 is 5.46 Å². The van der Waals surface area contributed by atoms with E-state index < -0.39 is 19.1 Å². The van der Waals surface area contributed by atoms with Crippen LogP contribution in [0.15, 0.2) is 18.2 Å². The topological polar surface area (TPSA) is 72.9 Å². The fourth-order valence-electron chi connectivity index (χ4n) is 1.77. The lowest BCUT2D eigenvalue weighted by atomic mass is 9.78. The van der Waals surface area contributed by atoms with Crippen molar-refractivity contribution in [2.75, 3.05) is 20.1 Å². The highest BCUT2D eigenvalue weighted by molar-refractivity contribution is 6.67. The number of benzene rings is 1. The summed E-state index contributed by atoms with van der Waals surface area (Å²) in [4.78, 5) is 35.4. The van der Waals surface area contributed by atoms with Crippen LogP contribution in [0.2, 0.25) is 5.02 Å². The molecule has 1 aliphatic heterocycles. The SMILES string of the molecule is CN1CC(=O)OB(c2ccc(C=O)cc2Cl)OC(=O)C1. The zero-order valence-corrected chi connectivity index (χ0v) is 11.4. The lowest BCUT2D eigenvalue weighted by Crippen LogP contribution is -2.48. The Balaban J connectivity index is 2.27. The van der Waals surface area contributed by atoms with Gasteiger partial charge in [0.2, 0.25) is 0 Å². The van der Waals surface area contributed by atoms with Gasteiger partial charge in [-0.15, -0.1) is 0 Å². The van der Waals surface area contributed by atoms with Crippen LogP contribution in [0.4, 0.5) is 0 Å². The Hall–Kier alpha value is -1.86. The van der Waals surface area contributed by atoms with Gasteiger partial charge in [0.05, 0.1) is 13.1 Å². The van der Waals surface area contributed by atoms with Crippen molar-refractivity contribution in [2.45, 2.75) is 0 Å². The van der Waals surface area contributed by atoms with Gasteiger partial charge in [-0.05, 0) is 13.1 Å². The zero-order valence-electron chi connectivity index (χ0n) is 10.7. The van der Waals surface area contributed by atoms with Gasteiger partial charge in [0.15, 0.2) is 0 Å². The van der Waals surface area contributed by atoms with Crippen LogP contribution in [0.1, 0.15) is 10.4 Å². The first-order valence-electron chi connectivity index (χ1n) is 5.81. The molecule has 6 nitrogen and oxygen atoms in total. The molecular weight excluding hydrogens is 284 g/mol. The largest absolute Gasteiger partial charge is 0.638 e. The van der Waals surface area contributed by atoms with Crippen LogP contribution in [-0.2, 0) is 18.9 Å². The summed E-state index contributed by atoms with van der Waals surface area (Å²) < 4.78 is 10.2. The molecule has 104 valence electrons. The van der Waals surface area contributed by atoms with Crippen LogP contribution in [0.5, 0.6) is 0 Å². The molecule has 20 heavy (non-hydrogen) atoms. The third-order valence-corrected chi connectivity index (χ3v) is 3.02. The predicted octanol–water partition coefficient (Wildman–Crippen LogP) is -0.121. The Bertz CT molecular complexity index is 545. The van der Waals surface area contributed by atoms with Crippen molar-refractivity contribution in [3.05, 3.63) is 28.8 Å². The highest BCUT2D eigenvalue weighted by Crippen LogP contribution is 2.11. The van der Waals surface area contributed by atoms with Crippen molar-refractivity contribution < 1.29 is 23.7 Å². The Morgan fingerprint density at radius 3 is 2.35 bits per heavy atom. The lowest BCUT2D eigenvalue weighted by Gasteiger charge is -2.23. The van der Waals surface area contributed by atoms with Crippen molar-refractivity contribution >= 4 is 42.4 Å². The third kappa shape index (κ3) is 3.37. The normalized spacial score (nSPS) is 17.0. The molecule has 0 amide bonds. The van der Waals surface area contributed by atoms with Crippen molar-refractivity contribution in [3.8, 4) is 0 Å². The minimum Gasteiger partial charge on any atom is -0.494 e. The third-order valence-electron chi connectivity index (χ3n) is 2.69. The quantitative estimate of drug-likeness (QED) is 0.559. The van der Waals surface area contributed by atoms with Crippen molar-refractivity contribution in [1.82, 2.24) is 4.90 Å². The van der Waals surface area contributed by atoms with E-state index in [4.69, 9.17) is 20.9 Å². The minimum atomic E-state index is -1.20. The first-order valence-corrected chi connectivity index (χ1v) is 6.19. The Morgan fingerprint density at radius 1 is 1.25 bits per heavy atom. The summed E-state index contributed by atoms with van der Waals surface area (Å²) in [5.74, 6) is -1.05. The van der Waals surface area contributed by atoms with E-state index in [0.29, 0.717) is 17.3 Å². The van der Waals surface area contributed by atoms with E-state index in [1.165, 1.54) is 23.1 Å². The van der Waals surface area contributed by atoms with Crippen LogP contribution in [-0.4, -0.2) is 50.4 Å². The molecule has 1 fully saturated rings. The van der Waals surface area contributed by atoms with Crippen LogP contribution in [0.25, 0.3) is 0 Å². The van der Waals surface area contributed by atoms with E-state index in [1.807, 2.05) is 0 Å². The summed E-state index contributed by atoms with van der Waals surface area (Å²) in [6.45, 7) is -0.0364. The molecular formula is C12H11BClNO5. The second-order valence-corrected chi connectivity index (χ2v) is 4.79. The Morgan fingerprint density at radius 2 is 1.85 bits per heavy atom. The van der Waals surface area contributed by atoms with Gasteiger partial charge >= 0.3 is 19.1 Å². The number of aldehydes is 1. The van der Waals surface area contributed by atoms with Crippen LogP contribution >= 0.6 is 11.6 Å². The average Bonchev–Trinajstić information content (AvgIpc) is 2.35. The number of carbonyl (C=O) groups is 3. The molecule has 2 rings (SSSR count). The highest BCUT2D eigenvalue weighted by atomic mass is 35.5. The second-order valence-electron chi connectivity index (χ2n) is 4.38. The molecule has 1 aliphatic rings. The zero-order chi connectivity index (χ0) is 14.7. The van der Waals surface area contributed by atoms with Crippen molar-refractivity contribution in [2.24, 2.45) is 0 Å². The number of rotatable bonds is 2. The molecule has 1 saturated heterocycles. The van der Waals surface area contributed by atoms with Gasteiger partial charge in [0.25, 0.3) is 0 Å². The molecule has 0 aliphatic carbocycles. The minimum absolute atomic E-state index is 0.0182. The number of likely N-dealkylation sites (N-methyl/N-ethyl adjacent to an activating group) is 1. The van der Waals surface area contributed by atoms with Gasteiger partial charge < -0.3 is 9.31 Å². The lowest BCUT2D eigenvalue weighted by molar-refractivity contribution is -0.145. The van der Waals surface area contributed by atoms with Crippen molar-refractivity contribution in [3.63, 3.8) is 0 Å². The molecule has 0 unspecified atom stereocenters. The van der Waals surface area contributed by atoms with E-state index in [2.05, 4.69) is 0 Å². The Labute approximate surface area is 120 Å². The summed E-state index contributed by atoms with van der Waals surface area (Å²) >= 11 is 6.01. The number of hydrogen-bond acceptors (Lipinski definition) is 6. The van der Waals surface area contributed by atoms with E-state index in [-0.39, 0.29) is 18.1 Å². The molecule has 0 aromatic heterocycles. The standard InChI is InChI=1S/C12H11BClNO5/c1-15-5-11(17)19-13(20-12(18)6-15)9-3-2-8(7-16)4-10(9)14/h2-4,7H,5-6H2,1H3. The highest BCUT2D eigenvalue weighted by Gasteiger charge is 2.35. The Kier molecular flexibility index (Phi) is 4.41. The van der Waals surface area contributed by atoms with Gasteiger partial charge in [-0.3, -0.25) is 19.3 Å². The first-order chi connectivity index (χ1) is 9.49. The van der Waals surface area contributed by atoms with Crippen LogP contribution in [0, 0.1) is 0 Å². The van der Waals surface area contributed by atoms with Gasteiger partial charge in [0, 0.05) is 16.0 Å². The maximum atomic E-state index is 11.6. The predicted molar refractivity (Wildman–Crippen MR) is 71.9 cm³/mol. The number of hydrogen-bond donors (Lipinski definition) is 0. The summed E-state index contributed by atoms with van der Waals surface area (Å²) in [5.41, 5.74) is 0.700. The summed E-state index contributed by atoms with van der Waals surface area (Å²) in [6.07, 6.45) is 0.640. The average molecular weight is 295 g/mol. The van der Waals surface area contributed by atoms with Gasteiger partial charge in [-0.1, -0.05) is 23.7 Å². The van der Waals surface area contributed by atoms with E-state index in [0.717, 1.165) is 0 Å².